The number of benzene rings is 2. The van der Waals surface area contributed by atoms with Crippen molar-refractivity contribution < 1.29 is 24.6 Å². The number of likely N-dealkylation sites (tertiary alicyclic amines) is 1. The standard InChI is InChI=1S/C21H18ClNO5/c22-15-10-8-14(9-11-15)19(26)17-18(13-5-2-1-3-6-13)23(21(28)20(17)27)12-4-7-16(24)25/h1-3,5-6,8-11,18,26H,4,7,12H2,(H,24,25)/p-1/t18-/m1/s1. The van der Waals surface area contributed by atoms with Gasteiger partial charge in [-0.3, -0.25) is 9.59 Å². The van der Waals surface area contributed by atoms with Gasteiger partial charge in [-0.1, -0.05) is 41.9 Å². The highest BCUT2D eigenvalue weighted by atomic mass is 35.5. The second-order valence-corrected chi connectivity index (χ2v) is 6.82. The smallest absolute Gasteiger partial charge is 0.295 e. The minimum absolute atomic E-state index is 0.0352. The number of carbonyl (C=O) groups is 3. The van der Waals surface area contributed by atoms with E-state index in [2.05, 4.69) is 0 Å². The molecular formula is C21H17ClNO5-. The highest BCUT2D eigenvalue weighted by Crippen LogP contribution is 2.39. The van der Waals surface area contributed by atoms with Crippen LogP contribution in [0.25, 0.3) is 5.76 Å². The molecule has 3 rings (SSSR count). The minimum atomic E-state index is -1.23. The molecular weight excluding hydrogens is 382 g/mol. The number of nitrogens with zero attached hydrogens (tertiary/aromatic N) is 1. The van der Waals surface area contributed by atoms with Gasteiger partial charge in [0, 0.05) is 23.1 Å². The van der Waals surface area contributed by atoms with Gasteiger partial charge in [-0.2, -0.15) is 0 Å². The summed E-state index contributed by atoms with van der Waals surface area (Å²) in [4.78, 5) is 37.3. The molecule has 0 spiro atoms. The number of carbonyl (C=O) groups excluding carboxylic acids is 3. The number of carboxylic acid groups (broad SMARTS) is 1. The van der Waals surface area contributed by atoms with Crippen LogP contribution in [0.15, 0.2) is 60.2 Å². The van der Waals surface area contributed by atoms with Gasteiger partial charge in [-0.15, -0.1) is 0 Å². The summed E-state index contributed by atoms with van der Waals surface area (Å²) in [6, 6.07) is 14.3. The number of halogens is 1. The number of hydrogen-bond acceptors (Lipinski definition) is 5. The molecule has 0 bridgehead atoms. The average molecular weight is 399 g/mol. The second kappa shape index (κ2) is 8.27. The van der Waals surface area contributed by atoms with Crippen LogP contribution in [0.2, 0.25) is 5.02 Å². The van der Waals surface area contributed by atoms with Crippen molar-refractivity contribution in [2.24, 2.45) is 0 Å². The molecule has 1 N–H and O–H groups in total. The molecule has 2 aromatic carbocycles. The fourth-order valence-corrected chi connectivity index (χ4v) is 3.38. The lowest BCUT2D eigenvalue weighted by atomic mass is 9.95. The van der Waals surface area contributed by atoms with E-state index in [4.69, 9.17) is 11.6 Å². The van der Waals surface area contributed by atoms with E-state index in [1.807, 2.05) is 0 Å². The van der Waals surface area contributed by atoms with Gasteiger partial charge in [0.2, 0.25) is 0 Å². The summed E-state index contributed by atoms with van der Waals surface area (Å²) in [5.74, 6) is -3.11. The van der Waals surface area contributed by atoms with Crippen molar-refractivity contribution in [2.75, 3.05) is 6.54 Å². The van der Waals surface area contributed by atoms with Crippen LogP contribution in [-0.2, 0) is 14.4 Å². The zero-order valence-corrected chi connectivity index (χ0v) is 15.6. The summed E-state index contributed by atoms with van der Waals surface area (Å²) < 4.78 is 0. The van der Waals surface area contributed by atoms with Crippen LogP contribution in [0, 0.1) is 0 Å². The molecule has 1 amide bonds. The van der Waals surface area contributed by atoms with Crippen LogP contribution in [0.3, 0.4) is 0 Å². The van der Waals surface area contributed by atoms with Gasteiger partial charge < -0.3 is 19.9 Å². The lowest BCUT2D eigenvalue weighted by Crippen LogP contribution is -2.32. The van der Waals surface area contributed by atoms with Gasteiger partial charge in [0.25, 0.3) is 11.7 Å². The fourth-order valence-electron chi connectivity index (χ4n) is 3.25. The Morgan fingerprint density at radius 2 is 1.71 bits per heavy atom. The van der Waals surface area contributed by atoms with E-state index in [9.17, 15) is 24.6 Å². The topological polar surface area (TPSA) is 97.7 Å². The Balaban J connectivity index is 2.07. The molecule has 1 aliphatic rings. The largest absolute Gasteiger partial charge is 0.550 e. The first-order chi connectivity index (χ1) is 13.4. The number of hydrogen-bond donors (Lipinski definition) is 1. The molecule has 7 heteroatoms. The molecule has 28 heavy (non-hydrogen) atoms. The number of rotatable bonds is 6. The van der Waals surface area contributed by atoms with Crippen LogP contribution < -0.4 is 5.11 Å². The summed E-state index contributed by atoms with van der Waals surface area (Å²) in [6.07, 6.45) is -0.0959. The lowest BCUT2D eigenvalue weighted by Gasteiger charge is -2.25. The summed E-state index contributed by atoms with van der Waals surface area (Å²) in [7, 11) is 0. The Bertz CT molecular complexity index is 937. The minimum Gasteiger partial charge on any atom is -0.550 e. The van der Waals surface area contributed by atoms with E-state index in [1.165, 1.54) is 4.90 Å². The van der Waals surface area contributed by atoms with Crippen molar-refractivity contribution in [3.8, 4) is 0 Å². The maximum Gasteiger partial charge on any atom is 0.295 e. The SMILES string of the molecule is O=C([O-])CCCN1C(=O)C(=O)C(=C(O)c2ccc(Cl)cc2)[C@H]1c1ccccc1. The van der Waals surface area contributed by atoms with Crippen molar-refractivity contribution in [1.82, 2.24) is 4.90 Å². The van der Waals surface area contributed by atoms with Crippen LogP contribution in [-0.4, -0.2) is 34.2 Å². The van der Waals surface area contributed by atoms with E-state index in [1.54, 1.807) is 54.6 Å². The molecule has 1 fully saturated rings. The number of aliphatic hydroxyl groups excluding tert-OH is 1. The zero-order valence-electron chi connectivity index (χ0n) is 14.8. The third-order valence-electron chi connectivity index (χ3n) is 4.55. The number of aliphatic carboxylic acids is 1. The third-order valence-corrected chi connectivity index (χ3v) is 4.80. The van der Waals surface area contributed by atoms with Crippen molar-refractivity contribution in [3.63, 3.8) is 0 Å². The van der Waals surface area contributed by atoms with Crippen LogP contribution in [0.4, 0.5) is 0 Å². The molecule has 0 unspecified atom stereocenters. The zero-order chi connectivity index (χ0) is 20.3. The number of carboxylic acids is 1. The molecule has 0 radical (unpaired) electrons. The Morgan fingerprint density at radius 3 is 2.32 bits per heavy atom. The summed E-state index contributed by atoms with van der Waals surface area (Å²) in [5, 5.41) is 22.0. The molecule has 144 valence electrons. The lowest BCUT2D eigenvalue weighted by molar-refractivity contribution is -0.305. The quantitative estimate of drug-likeness (QED) is 0.457. The third kappa shape index (κ3) is 3.92. The van der Waals surface area contributed by atoms with Crippen molar-refractivity contribution in [1.29, 1.82) is 0 Å². The van der Waals surface area contributed by atoms with Gasteiger partial charge in [-0.25, -0.2) is 0 Å². The first-order valence-corrected chi connectivity index (χ1v) is 9.07. The molecule has 0 aromatic heterocycles. The Hall–Kier alpha value is -3.12. The maximum absolute atomic E-state index is 12.7. The molecule has 1 saturated heterocycles. The van der Waals surface area contributed by atoms with Gasteiger partial charge in [0.05, 0.1) is 11.6 Å². The fraction of sp³-hybridized carbons (Fsp3) is 0.190. The van der Waals surface area contributed by atoms with Crippen LogP contribution in [0.1, 0.15) is 30.0 Å². The second-order valence-electron chi connectivity index (χ2n) is 6.39. The molecule has 1 atom stereocenters. The molecule has 2 aromatic rings. The molecule has 1 aliphatic heterocycles. The van der Waals surface area contributed by atoms with E-state index < -0.39 is 23.7 Å². The Morgan fingerprint density at radius 1 is 1.07 bits per heavy atom. The molecule has 1 heterocycles. The maximum atomic E-state index is 12.7. The first-order valence-electron chi connectivity index (χ1n) is 8.69. The van der Waals surface area contributed by atoms with Gasteiger partial charge in [0.15, 0.2) is 0 Å². The van der Waals surface area contributed by atoms with E-state index >= 15 is 0 Å². The molecule has 6 nitrogen and oxygen atoms in total. The normalized spacial score (nSPS) is 18.5. The molecule has 0 saturated carbocycles. The van der Waals surface area contributed by atoms with Crippen LogP contribution >= 0.6 is 11.6 Å². The Kier molecular flexibility index (Phi) is 5.80. The number of ketones is 1. The number of amides is 1. The number of aliphatic hydroxyl groups is 1. The van der Waals surface area contributed by atoms with Gasteiger partial charge >= 0.3 is 0 Å². The van der Waals surface area contributed by atoms with Gasteiger partial charge in [0.1, 0.15) is 5.76 Å². The first kappa shape index (κ1) is 19.6. The van der Waals surface area contributed by atoms with Gasteiger partial charge in [-0.05, 0) is 42.7 Å². The molecule has 0 aliphatic carbocycles. The van der Waals surface area contributed by atoms with Crippen molar-refractivity contribution >= 4 is 35.0 Å². The van der Waals surface area contributed by atoms with E-state index in [-0.39, 0.29) is 30.7 Å². The van der Waals surface area contributed by atoms with Crippen molar-refractivity contribution in [3.05, 3.63) is 76.3 Å². The average Bonchev–Trinajstić information content (AvgIpc) is 2.93. The predicted octanol–water partition coefficient (Wildman–Crippen LogP) is 2.29. The summed E-state index contributed by atoms with van der Waals surface area (Å²) in [5.41, 5.74) is 0.968. The summed E-state index contributed by atoms with van der Waals surface area (Å²) >= 11 is 5.88. The number of Topliss-reactive ketones (excluding diaryl/α,β-unsaturated/α-hetero) is 1. The highest BCUT2D eigenvalue weighted by Gasteiger charge is 2.45. The monoisotopic (exact) mass is 398 g/mol. The highest BCUT2D eigenvalue weighted by molar-refractivity contribution is 6.46. The predicted molar refractivity (Wildman–Crippen MR) is 101 cm³/mol. The van der Waals surface area contributed by atoms with Crippen molar-refractivity contribution in [2.45, 2.75) is 18.9 Å². The van der Waals surface area contributed by atoms with Crippen LogP contribution in [0.5, 0.6) is 0 Å². The Labute approximate surface area is 166 Å². The summed E-state index contributed by atoms with van der Waals surface area (Å²) in [6.45, 7) is 0.0511. The van der Waals surface area contributed by atoms with E-state index in [0.717, 1.165) is 0 Å². The van der Waals surface area contributed by atoms with E-state index in [0.29, 0.717) is 16.1 Å².